The molecule has 4 saturated carbocycles. The molecule has 57 heavy (non-hydrogen) atoms. The quantitative estimate of drug-likeness (QED) is 0.107. The van der Waals surface area contributed by atoms with E-state index in [0.717, 1.165) is 65.3 Å². The number of hydrogen-bond donors (Lipinski definition) is 5. The third-order valence-electron chi connectivity index (χ3n) is 13.6. The number of nitrogens with one attached hydrogen (secondary N) is 3. The van der Waals surface area contributed by atoms with Crippen molar-refractivity contribution in [1.82, 2.24) is 10.6 Å². The van der Waals surface area contributed by atoms with E-state index in [-0.39, 0.29) is 34.6 Å². The normalized spacial score (nSPS) is 27.8. The molecule has 292 valence electrons. The summed E-state index contributed by atoms with van der Waals surface area (Å²) >= 11 is 6.58. The molecular weight excluding hydrogens is 742 g/mol. The fraction of sp³-hybridized carbons (Fsp3) is 0.370. The first-order valence-corrected chi connectivity index (χ1v) is 20.3. The predicted octanol–water partition coefficient (Wildman–Crippen LogP) is 7.26. The number of rotatable bonds is 11. The van der Waals surface area contributed by atoms with E-state index >= 15 is 4.79 Å². The zero-order valence-electron chi connectivity index (χ0n) is 31.2. The van der Waals surface area contributed by atoms with Crippen molar-refractivity contribution in [3.63, 3.8) is 0 Å². The van der Waals surface area contributed by atoms with Crippen LogP contribution >= 0.6 is 11.6 Å². The molecule has 7 aliphatic carbocycles. The SMILES string of the molecule is O=C(O)c1cc(NC(=O)[C@@H](Cc2ccccc2Cl)NC(=O)C2C3c4ccccc4C(c4ccccc43)C2C(=O)NCC23CC4CC(CC(C4)C2)C3)cc(C(=O)O)c1. The Morgan fingerprint density at radius 1 is 0.667 bits per heavy atom. The molecule has 0 aromatic heterocycles. The average molecular weight is 786 g/mol. The van der Waals surface area contributed by atoms with Crippen molar-refractivity contribution in [3.8, 4) is 0 Å². The first-order chi connectivity index (χ1) is 27.5. The van der Waals surface area contributed by atoms with E-state index in [1.54, 1.807) is 24.3 Å². The number of hydrogen-bond acceptors (Lipinski definition) is 5. The van der Waals surface area contributed by atoms with E-state index in [0.29, 0.717) is 17.1 Å². The summed E-state index contributed by atoms with van der Waals surface area (Å²) in [6.45, 7) is 0.589. The van der Waals surface area contributed by atoms with Gasteiger partial charge in [-0.25, -0.2) is 9.59 Å². The second-order valence-corrected chi connectivity index (χ2v) is 17.6. The summed E-state index contributed by atoms with van der Waals surface area (Å²) in [7, 11) is 0. The number of aromatic carboxylic acids is 2. The molecule has 2 unspecified atom stereocenters. The highest BCUT2D eigenvalue weighted by Crippen LogP contribution is 2.61. The van der Waals surface area contributed by atoms with Crippen LogP contribution in [0.5, 0.6) is 0 Å². The van der Waals surface area contributed by atoms with Gasteiger partial charge in [-0.1, -0.05) is 78.3 Å². The number of anilines is 1. The first kappa shape index (κ1) is 37.1. The maximum Gasteiger partial charge on any atom is 0.335 e. The van der Waals surface area contributed by atoms with Crippen molar-refractivity contribution < 1.29 is 34.2 Å². The second kappa shape index (κ2) is 14.5. The molecule has 0 saturated heterocycles. The summed E-state index contributed by atoms with van der Waals surface area (Å²) in [4.78, 5) is 68.0. The molecular formula is C46H44ClN3O7. The van der Waals surface area contributed by atoms with Crippen molar-refractivity contribution >= 4 is 46.9 Å². The third kappa shape index (κ3) is 6.77. The van der Waals surface area contributed by atoms with Crippen molar-refractivity contribution in [2.24, 2.45) is 35.0 Å². The topological polar surface area (TPSA) is 162 Å². The second-order valence-electron chi connectivity index (χ2n) is 17.2. The Morgan fingerprint density at radius 2 is 1.14 bits per heavy atom. The number of carboxylic acids is 2. The summed E-state index contributed by atoms with van der Waals surface area (Å²) in [6.07, 6.45) is 7.26. The van der Waals surface area contributed by atoms with Gasteiger partial charge in [-0.3, -0.25) is 14.4 Å². The Hall–Kier alpha value is -5.48. The highest BCUT2D eigenvalue weighted by atomic mass is 35.5. The van der Waals surface area contributed by atoms with Gasteiger partial charge in [0.25, 0.3) is 0 Å². The molecule has 11 rings (SSSR count). The van der Waals surface area contributed by atoms with E-state index in [2.05, 4.69) is 28.1 Å². The largest absolute Gasteiger partial charge is 0.478 e. The van der Waals surface area contributed by atoms with Crippen LogP contribution in [-0.4, -0.2) is 52.5 Å². The van der Waals surface area contributed by atoms with Crippen LogP contribution in [0, 0.1) is 35.0 Å². The third-order valence-corrected chi connectivity index (χ3v) is 13.9. The van der Waals surface area contributed by atoms with Gasteiger partial charge < -0.3 is 26.2 Å². The van der Waals surface area contributed by atoms with Gasteiger partial charge in [-0.2, -0.15) is 0 Å². The fourth-order valence-corrected chi connectivity index (χ4v) is 12.0. The molecule has 4 aromatic rings. The molecule has 3 atom stereocenters. The van der Waals surface area contributed by atoms with Crippen LogP contribution < -0.4 is 16.0 Å². The summed E-state index contributed by atoms with van der Waals surface area (Å²) < 4.78 is 0. The molecule has 3 amide bonds. The molecule has 11 heteroatoms. The van der Waals surface area contributed by atoms with Crippen LogP contribution in [0.2, 0.25) is 5.02 Å². The minimum atomic E-state index is -1.37. The van der Waals surface area contributed by atoms with Crippen LogP contribution in [0.4, 0.5) is 5.69 Å². The number of carbonyl (C=O) groups excluding carboxylic acids is 3. The van der Waals surface area contributed by atoms with Crippen LogP contribution in [0.25, 0.3) is 0 Å². The summed E-state index contributed by atoms with van der Waals surface area (Å²) in [5.74, 6) is -4.39. The lowest BCUT2D eigenvalue weighted by Crippen LogP contribution is -2.57. The number of carbonyl (C=O) groups is 5. The van der Waals surface area contributed by atoms with Crippen molar-refractivity contribution in [2.45, 2.75) is 62.8 Å². The van der Waals surface area contributed by atoms with E-state index in [1.807, 2.05) is 36.4 Å². The first-order valence-electron chi connectivity index (χ1n) is 19.9. The molecule has 0 heterocycles. The monoisotopic (exact) mass is 785 g/mol. The van der Waals surface area contributed by atoms with Gasteiger partial charge in [0.1, 0.15) is 6.04 Å². The number of benzene rings is 4. The van der Waals surface area contributed by atoms with Gasteiger partial charge in [0.15, 0.2) is 0 Å². The number of fused-ring (bicyclic) bond motifs is 1. The molecule has 4 fully saturated rings. The van der Waals surface area contributed by atoms with Crippen molar-refractivity contribution in [1.29, 1.82) is 0 Å². The smallest absolute Gasteiger partial charge is 0.335 e. The Balaban J connectivity index is 1.07. The number of halogens is 1. The average Bonchev–Trinajstić information content (AvgIpc) is 3.19. The zero-order chi connectivity index (χ0) is 39.6. The lowest BCUT2D eigenvalue weighted by molar-refractivity contribution is -0.139. The summed E-state index contributed by atoms with van der Waals surface area (Å²) in [5, 5.41) is 28.8. The van der Waals surface area contributed by atoms with Gasteiger partial charge in [0, 0.05) is 35.5 Å². The van der Waals surface area contributed by atoms with Gasteiger partial charge in [0.05, 0.1) is 23.0 Å². The van der Waals surface area contributed by atoms with E-state index in [9.17, 15) is 29.4 Å². The number of amides is 3. The lowest BCUT2D eigenvalue weighted by Gasteiger charge is -2.57. The Labute approximate surface area is 335 Å². The molecule has 7 aliphatic rings. The van der Waals surface area contributed by atoms with Crippen LogP contribution in [0.1, 0.15) is 98.9 Å². The highest BCUT2D eigenvalue weighted by Gasteiger charge is 2.56. The van der Waals surface area contributed by atoms with Gasteiger partial charge in [-0.15, -0.1) is 0 Å². The molecule has 0 aliphatic heterocycles. The van der Waals surface area contributed by atoms with Crippen LogP contribution in [-0.2, 0) is 20.8 Å². The van der Waals surface area contributed by atoms with Crippen LogP contribution in [0.15, 0.2) is 91.0 Å². The van der Waals surface area contributed by atoms with E-state index < -0.39 is 53.5 Å². The Morgan fingerprint density at radius 3 is 1.63 bits per heavy atom. The Kier molecular flexibility index (Phi) is 9.42. The van der Waals surface area contributed by atoms with Gasteiger partial charge >= 0.3 is 11.9 Å². The standard InChI is InChI=1S/C46H44ClN3O7/c47-35-12-6-1-7-27(35)19-36(41(51)49-30-17-28(44(54)55)16-29(18-30)45(56)57)50-43(53)40-38-33-10-4-2-8-31(33)37(32-9-3-5-11-34(32)38)39(40)42(52)48-23-46-20-24-13-25(21-46)15-26(14-24)22-46/h1-12,16-18,24-26,36-40H,13-15,19-23H2,(H,48,52)(H,49,51)(H,50,53)(H,54,55)(H,56,57)/t24?,25?,26?,36-,37?,38?,39?,40?,46?/m1/s1. The molecule has 0 spiro atoms. The molecule has 10 nitrogen and oxygen atoms in total. The summed E-state index contributed by atoms with van der Waals surface area (Å²) in [6, 6.07) is 25.1. The maximum absolute atomic E-state index is 15.1. The number of carboxylic acid groups (broad SMARTS) is 2. The van der Waals surface area contributed by atoms with Crippen molar-refractivity contribution in [2.75, 3.05) is 11.9 Å². The zero-order valence-corrected chi connectivity index (χ0v) is 32.0. The fourth-order valence-electron chi connectivity index (χ4n) is 11.7. The van der Waals surface area contributed by atoms with Gasteiger partial charge in [-0.05, 0) is 114 Å². The van der Waals surface area contributed by atoms with E-state index in [1.165, 1.54) is 31.4 Å². The highest BCUT2D eigenvalue weighted by molar-refractivity contribution is 6.31. The molecule has 5 N–H and O–H groups in total. The Bertz CT molecular complexity index is 2210. The van der Waals surface area contributed by atoms with E-state index in [4.69, 9.17) is 11.6 Å². The lowest BCUT2D eigenvalue weighted by atomic mass is 9.49. The maximum atomic E-state index is 15.1. The minimum absolute atomic E-state index is 0.0292. The van der Waals surface area contributed by atoms with Crippen molar-refractivity contribution in [3.05, 3.63) is 135 Å². The minimum Gasteiger partial charge on any atom is -0.478 e. The summed E-state index contributed by atoms with van der Waals surface area (Å²) in [5.41, 5.74) is 3.96. The molecule has 0 radical (unpaired) electrons. The molecule has 6 bridgehead atoms. The van der Waals surface area contributed by atoms with Crippen LogP contribution in [0.3, 0.4) is 0 Å². The molecule has 4 aromatic carbocycles. The predicted molar refractivity (Wildman–Crippen MR) is 213 cm³/mol. The van der Waals surface area contributed by atoms with Gasteiger partial charge in [0.2, 0.25) is 17.7 Å².